The van der Waals surface area contributed by atoms with Crippen LogP contribution in [0.25, 0.3) is 0 Å². The fourth-order valence-corrected chi connectivity index (χ4v) is 2.34. The van der Waals surface area contributed by atoms with E-state index in [-0.39, 0.29) is 6.10 Å². The second-order valence-electron chi connectivity index (χ2n) is 3.88. The molecule has 2 aliphatic rings. The van der Waals surface area contributed by atoms with E-state index >= 15 is 0 Å². The van der Waals surface area contributed by atoms with Crippen LogP contribution < -0.4 is 5.32 Å². The molecule has 1 aliphatic heterocycles. The van der Waals surface area contributed by atoms with Crippen molar-refractivity contribution in [2.45, 2.75) is 37.8 Å². The lowest BCUT2D eigenvalue weighted by Crippen LogP contribution is -2.39. The quantitative estimate of drug-likeness (QED) is 0.572. The summed E-state index contributed by atoms with van der Waals surface area (Å²) in [6.07, 6.45) is 8.96. The number of hydrogen-bond acceptors (Lipinski definition) is 2. The van der Waals surface area contributed by atoms with Gasteiger partial charge in [0.1, 0.15) is 0 Å². The largest absolute Gasteiger partial charge is 0.393 e. The molecule has 0 aromatic heterocycles. The first-order chi connectivity index (χ1) is 5.88. The summed E-state index contributed by atoms with van der Waals surface area (Å²) in [6, 6.07) is 0.445. The first-order valence-electron chi connectivity index (χ1n) is 4.96. The minimum atomic E-state index is -0.0704. The first kappa shape index (κ1) is 8.27. The number of hydrogen-bond donors (Lipinski definition) is 2. The third-order valence-corrected chi connectivity index (χ3v) is 3.06. The van der Waals surface area contributed by atoms with Gasteiger partial charge in [0.2, 0.25) is 0 Å². The lowest BCUT2D eigenvalue weighted by molar-refractivity contribution is 0.0591. The Balaban J connectivity index is 1.95. The Labute approximate surface area is 73.7 Å². The van der Waals surface area contributed by atoms with Gasteiger partial charge in [-0.15, -0.1) is 0 Å². The molecular formula is C10H17NO. The summed E-state index contributed by atoms with van der Waals surface area (Å²) in [4.78, 5) is 0. The van der Waals surface area contributed by atoms with Crippen molar-refractivity contribution >= 4 is 0 Å². The summed E-state index contributed by atoms with van der Waals surface area (Å²) in [6.45, 7) is 0.980. The van der Waals surface area contributed by atoms with Gasteiger partial charge in [0, 0.05) is 18.5 Å². The van der Waals surface area contributed by atoms with E-state index in [4.69, 9.17) is 0 Å². The third kappa shape index (κ3) is 1.54. The lowest BCUT2D eigenvalue weighted by Gasteiger charge is -2.31. The average Bonchev–Trinajstić information content (AvgIpc) is 2.57. The molecule has 0 saturated heterocycles. The smallest absolute Gasteiger partial charge is 0.0586 e. The zero-order chi connectivity index (χ0) is 8.39. The van der Waals surface area contributed by atoms with Crippen molar-refractivity contribution in [3.05, 3.63) is 12.2 Å². The van der Waals surface area contributed by atoms with Crippen LogP contribution in [0.1, 0.15) is 25.7 Å². The molecule has 0 amide bonds. The van der Waals surface area contributed by atoms with Gasteiger partial charge >= 0.3 is 0 Å². The van der Waals surface area contributed by atoms with Gasteiger partial charge in [0.05, 0.1) is 6.10 Å². The number of aliphatic hydroxyl groups excluding tert-OH is 1. The third-order valence-electron chi connectivity index (χ3n) is 3.06. The van der Waals surface area contributed by atoms with Gasteiger partial charge in [-0.3, -0.25) is 0 Å². The molecule has 2 N–H and O–H groups in total. The van der Waals surface area contributed by atoms with Gasteiger partial charge in [-0.2, -0.15) is 0 Å². The molecule has 1 aliphatic carbocycles. The highest BCUT2D eigenvalue weighted by molar-refractivity contribution is 5.06. The maximum Gasteiger partial charge on any atom is 0.0586 e. The highest BCUT2D eigenvalue weighted by Crippen LogP contribution is 2.28. The molecule has 2 rings (SSSR count). The van der Waals surface area contributed by atoms with Crippen molar-refractivity contribution < 1.29 is 5.11 Å². The number of rotatable bonds is 1. The van der Waals surface area contributed by atoms with Crippen molar-refractivity contribution in [1.82, 2.24) is 5.32 Å². The Morgan fingerprint density at radius 1 is 1.25 bits per heavy atom. The van der Waals surface area contributed by atoms with Crippen molar-refractivity contribution in [2.24, 2.45) is 5.92 Å². The Kier molecular flexibility index (Phi) is 2.47. The molecule has 1 heterocycles. The van der Waals surface area contributed by atoms with Crippen LogP contribution in [0, 0.1) is 5.92 Å². The average molecular weight is 167 g/mol. The molecule has 0 aromatic carbocycles. The molecule has 1 fully saturated rings. The summed E-state index contributed by atoms with van der Waals surface area (Å²) in [7, 11) is 0. The minimum Gasteiger partial charge on any atom is -0.393 e. The van der Waals surface area contributed by atoms with Gasteiger partial charge in [-0.1, -0.05) is 25.0 Å². The van der Waals surface area contributed by atoms with Gasteiger partial charge in [-0.25, -0.2) is 0 Å². The fraction of sp³-hybridized carbons (Fsp3) is 0.800. The number of nitrogens with one attached hydrogen (secondary N) is 1. The monoisotopic (exact) mass is 167 g/mol. The van der Waals surface area contributed by atoms with Crippen LogP contribution in [-0.2, 0) is 0 Å². The van der Waals surface area contributed by atoms with Crippen molar-refractivity contribution in [3.8, 4) is 0 Å². The first-order valence-corrected chi connectivity index (χ1v) is 4.96. The van der Waals surface area contributed by atoms with Crippen molar-refractivity contribution in [3.63, 3.8) is 0 Å². The molecule has 0 radical (unpaired) electrons. The molecule has 0 spiro atoms. The van der Waals surface area contributed by atoms with E-state index in [9.17, 15) is 5.11 Å². The molecular weight excluding hydrogens is 150 g/mol. The fourth-order valence-electron chi connectivity index (χ4n) is 2.34. The van der Waals surface area contributed by atoms with E-state index in [1.165, 1.54) is 19.3 Å². The molecule has 12 heavy (non-hydrogen) atoms. The van der Waals surface area contributed by atoms with E-state index in [1.54, 1.807) is 0 Å². The predicted molar refractivity (Wildman–Crippen MR) is 48.9 cm³/mol. The summed E-state index contributed by atoms with van der Waals surface area (Å²) in [5.74, 6) is 0.470. The summed E-state index contributed by atoms with van der Waals surface area (Å²) < 4.78 is 0. The van der Waals surface area contributed by atoms with E-state index in [0.29, 0.717) is 12.0 Å². The Morgan fingerprint density at radius 3 is 2.75 bits per heavy atom. The molecule has 1 unspecified atom stereocenters. The number of aliphatic hydroxyl groups is 1. The lowest BCUT2D eigenvalue weighted by atomic mass is 9.82. The second-order valence-corrected chi connectivity index (χ2v) is 3.88. The van der Waals surface area contributed by atoms with Crippen LogP contribution in [0.2, 0.25) is 0 Å². The summed E-state index contributed by atoms with van der Waals surface area (Å²) in [5.41, 5.74) is 0. The topological polar surface area (TPSA) is 32.3 Å². The summed E-state index contributed by atoms with van der Waals surface area (Å²) in [5, 5.41) is 13.1. The normalized spacial score (nSPS) is 41.9. The zero-order valence-electron chi connectivity index (χ0n) is 7.37. The van der Waals surface area contributed by atoms with E-state index in [2.05, 4.69) is 17.5 Å². The van der Waals surface area contributed by atoms with Crippen LogP contribution in [0.3, 0.4) is 0 Å². The van der Waals surface area contributed by atoms with Gasteiger partial charge in [0.25, 0.3) is 0 Å². The Hall–Kier alpha value is -0.340. The summed E-state index contributed by atoms with van der Waals surface area (Å²) >= 11 is 0. The standard InChI is InChI=1S/C10H17NO/c12-10-6-2-1-4-8(10)9-5-3-7-11-9/h3,5,8-12H,1-2,4,6-7H2/t8-,9?,10+/m0/s1. The van der Waals surface area contributed by atoms with Crippen LogP contribution in [0.4, 0.5) is 0 Å². The zero-order valence-corrected chi connectivity index (χ0v) is 7.37. The highest BCUT2D eigenvalue weighted by Gasteiger charge is 2.29. The molecule has 2 nitrogen and oxygen atoms in total. The Bertz CT molecular complexity index is 179. The minimum absolute atomic E-state index is 0.0704. The van der Waals surface area contributed by atoms with Gasteiger partial charge in [0.15, 0.2) is 0 Å². The van der Waals surface area contributed by atoms with Crippen LogP contribution in [0.15, 0.2) is 12.2 Å². The van der Waals surface area contributed by atoms with E-state index in [0.717, 1.165) is 13.0 Å². The van der Waals surface area contributed by atoms with Crippen molar-refractivity contribution in [1.29, 1.82) is 0 Å². The predicted octanol–water partition coefficient (Wildman–Crippen LogP) is 1.07. The molecule has 2 heteroatoms. The van der Waals surface area contributed by atoms with E-state index < -0.39 is 0 Å². The molecule has 0 aromatic rings. The van der Waals surface area contributed by atoms with Crippen LogP contribution in [-0.4, -0.2) is 23.8 Å². The SMILES string of the molecule is O[C@@H]1CCCC[C@H]1C1C=CCN1. The maximum absolute atomic E-state index is 9.76. The molecule has 3 atom stereocenters. The van der Waals surface area contributed by atoms with Gasteiger partial charge < -0.3 is 10.4 Å². The molecule has 0 bridgehead atoms. The Morgan fingerprint density at radius 2 is 2.08 bits per heavy atom. The molecule has 68 valence electrons. The molecule has 1 saturated carbocycles. The maximum atomic E-state index is 9.76. The highest BCUT2D eigenvalue weighted by atomic mass is 16.3. The van der Waals surface area contributed by atoms with E-state index in [1.807, 2.05) is 0 Å². The second kappa shape index (κ2) is 3.58. The van der Waals surface area contributed by atoms with Crippen LogP contribution in [0.5, 0.6) is 0 Å². The van der Waals surface area contributed by atoms with Crippen molar-refractivity contribution in [2.75, 3.05) is 6.54 Å². The van der Waals surface area contributed by atoms with Crippen LogP contribution >= 0.6 is 0 Å². The van der Waals surface area contributed by atoms with Gasteiger partial charge in [-0.05, 0) is 12.8 Å².